The Balaban J connectivity index is 1.58. The Kier molecular flexibility index (Phi) is 6.53. The van der Waals surface area contributed by atoms with Crippen molar-refractivity contribution in [1.82, 2.24) is 9.88 Å². The number of benzene rings is 2. The van der Waals surface area contributed by atoms with Gasteiger partial charge in [-0.05, 0) is 43.7 Å². The molecule has 1 atom stereocenters. The number of fused-ring (bicyclic) bond motifs is 1. The Morgan fingerprint density at radius 3 is 2.63 bits per heavy atom. The third-order valence-corrected chi connectivity index (χ3v) is 5.41. The van der Waals surface area contributed by atoms with Gasteiger partial charge in [0, 0.05) is 22.3 Å². The van der Waals surface area contributed by atoms with Crippen molar-refractivity contribution >= 4 is 28.5 Å². The van der Waals surface area contributed by atoms with E-state index in [2.05, 4.69) is 4.98 Å². The molecule has 1 aliphatic rings. The molecular formula is C24H22F3N3O5. The smallest absolute Gasteiger partial charge is 0.417 e. The van der Waals surface area contributed by atoms with Crippen molar-refractivity contribution < 1.29 is 32.2 Å². The number of rotatable bonds is 6. The molecule has 2 aromatic carbocycles. The monoisotopic (exact) mass is 489 g/mol. The van der Waals surface area contributed by atoms with Crippen LogP contribution in [0.25, 0.3) is 22.0 Å². The van der Waals surface area contributed by atoms with Gasteiger partial charge in [0.2, 0.25) is 0 Å². The highest BCUT2D eigenvalue weighted by Crippen LogP contribution is 2.36. The average Bonchev–Trinajstić information content (AvgIpc) is 3.17. The summed E-state index contributed by atoms with van der Waals surface area (Å²) in [4.78, 5) is 42.3. The maximum atomic E-state index is 13.4. The lowest BCUT2D eigenvalue weighted by molar-refractivity contribution is -0.146. The zero-order valence-electron chi connectivity index (χ0n) is 18.9. The second kappa shape index (κ2) is 9.41. The number of esters is 1. The molecule has 0 aliphatic carbocycles. The van der Waals surface area contributed by atoms with Crippen LogP contribution in [0.1, 0.15) is 5.56 Å². The van der Waals surface area contributed by atoms with Gasteiger partial charge in [-0.2, -0.15) is 13.2 Å². The predicted octanol–water partition coefficient (Wildman–Crippen LogP) is 3.64. The number of nitrogens with one attached hydrogen (secondary N) is 1. The van der Waals surface area contributed by atoms with Gasteiger partial charge >= 0.3 is 18.2 Å². The van der Waals surface area contributed by atoms with Gasteiger partial charge < -0.3 is 14.5 Å². The molecule has 0 saturated carbocycles. The van der Waals surface area contributed by atoms with Crippen LogP contribution < -0.4 is 10.5 Å². The van der Waals surface area contributed by atoms with Gasteiger partial charge in [-0.3, -0.25) is 19.4 Å². The molecule has 35 heavy (non-hydrogen) atoms. The molecule has 0 unspecified atom stereocenters. The van der Waals surface area contributed by atoms with Crippen LogP contribution in [0.4, 0.5) is 23.7 Å². The Labute approximate surface area is 197 Å². The van der Waals surface area contributed by atoms with Crippen molar-refractivity contribution in [2.24, 2.45) is 0 Å². The fourth-order valence-electron chi connectivity index (χ4n) is 3.84. The predicted molar refractivity (Wildman–Crippen MR) is 122 cm³/mol. The van der Waals surface area contributed by atoms with E-state index < -0.39 is 35.5 Å². The quantitative estimate of drug-likeness (QED) is 0.532. The fraction of sp³-hybridized carbons (Fsp3) is 0.292. The van der Waals surface area contributed by atoms with Crippen LogP contribution in [0.2, 0.25) is 0 Å². The number of alkyl halides is 3. The van der Waals surface area contributed by atoms with Gasteiger partial charge in [-0.25, -0.2) is 4.79 Å². The maximum absolute atomic E-state index is 13.4. The van der Waals surface area contributed by atoms with Gasteiger partial charge in [0.25, 0.3) is 5.56 Å². The second-order valence-corrected chi connectivity index (χ2v) is 8.36. The molecule has 1 aromatic heterocycles. The highest BCUT2D eigenvalue weighted by Gasteiger charge is 2.35. The summed E-state index contributed by atoms with van der Waals surface area (Å²) >= 11 is 0. The highest BCUT2D eigenvalue weighted by molar-refractivity contribution is 5.94. The minimum Gasteiger partial charge on any atom is -0.461 e. The van der Waals surface area contributed by atoms with E-state index in [-0.39, 0.29) is 36.3 Å². The van der Waals surface area contributed by atoms with Crippen LogP contribution in [0.15, 0.2) is 53.3 Å². The van der Waals surface area contributed by atoms with Gasteiger partial charge in [0.1, 0.15) is 6.61 Å². The van der Waals surface area contributed by atoms with Gasteiger partial charge in [0.05, 0.1) is 18.7 Å². The number of nitrogens with zero attached hydrogens (tertiary/aromatic N) is 2. The number of pyridine rings is 1. The molecule has 0 bridgehead atoms. The molecule has 184 valence electrons. The molecule has 1 aliphatic heterocycles. The summed E-state index contributed by atoms with van der Waals surface area (Å²) in [6, 6.07) is 11.0. The molecule has 1 N–H and O–H groups in total. The molecular weight excluding hydrogens is 467 g/mol. The maximum Gasteiger partial charge on any atom is 0.417 e. The number of aromatic nitrogens is 1. The summed E-state index contributed by atoms with van der Waals surface area (Å²) < 4.78 is 50.7. The standard InChI is InChI=1S/C24H22F3N3O5/c1-29(2)12-21(31)34-13-16-11-30(23(33)35-16)15-8-7-14-9-20(28-22(32)18(14)10-15)17-5-3-4-6-19(17)24(25,26)27/h3-10,16H,11-13H2,1-2H3,(H,28,32)/t16-/m1/s1. The molecule has 2 heterocycles. The third kappa shape index (κ3) is 5.29. The third-order valence-electron chi connectivity index (χ3n) is 5.41. The van der Waals surface area contributed by atoms with E-state index in [4.69, 9.17) is 9.47 Å². The average molecular weight is 489 g/mol. The second-order valence-electron chi connectivity index (χ2n) is 8.36. The number of carbonyl (C=O) groups excluding carboxylic acids is 2. The minimum absolute atomic E-state index is 0.0309. The first-order valence-corrected chi connectivity index (χ1v) is 10.6. The lowest BCUT2D eigenvalue weighted by atomic mass is 10.0. The Bertz CT molecular complexity index is 1340. The number of likely N-dealkylation sites (N-methyl/N-ethyl adjacent to an activating group) is 1. The molecule has 4 rings (SSSR count). The lowest BCUT2D eigenvalue weighted by Gasteiger charge is -2.15. The van der Waals surface area contributed by atoms with Gasteiger partial charge in [0.15, 0.2) is 6.10 Å². The van der Waals surface area contributed by atoms with E-state index in [9.17, 15) is 27.6 Å². The zero-order chi connectivity index (χ0) is 25.3. The van der Waals surface area contributed by atoms with E-state index in [0.29, 0.717) is 11.1 Å². The van der Waals surface area contributed by atoms with Crippen molar-refractivity contribution in [3.8, 4) is 11.3 Å². The summed E-state index contributed by atoms with van der Waals surface area (Å²) in [5, 5.41) is 0.607. The fourth-order valence-corrected chi connectivity index (χ4v) is 3.84. The van der Waals surface area contributed by atoms with Crippen LogP contribution in [-0.2, 0) is 20.4 Å². The van der Waals surface area contributed by atoms with Gasteiger partial charge in [-0.1, -0.05) is 24.3 Å². The summed E-state index contributed by atoms with van der Waals surface area (Å²) in [5.41, 5.74) is -1.19. The first kappa shape index (κ1) is 24.3. The Morgan fingerprint density at radius 1 is 1.17 bits per heavy atom. The topological polar surface area (TPSA) is 91.9 Å². The molecule has 0 radical (unpaired) electrons. The molecule has 0 spiro atoms. The summed E-state index contributed by atoms with van der Waals surface area (Å²) in [6.07, 6.45) is -5.92. The Hall–Kier alpha value is -3.86. The normalized spacial score (nSPS) is 16.1. The van der Waals surface area contributed by atoms with Crippen LogP contribution in [-0.4, -0.2) is 61.8 Å². The summed E-state index contributed by atoms with van der Waals surface area (Å²) in [6.45, 7) is 0.0901. The van der Waals surface area contributed by atoms with Crippen molar-refractivity contribution in [2.75, 3.05) is 38.7 Å². The van der Waals surface area contributed by atoms with E-state index in [1.807, 2.05) is 0 Å². The number of anilines is 1. The number of hydrogen-bond acceptors (Lipinski definition) is 6. The van der Waals surface area contributed by atoms with E-state index >= 15 is 0 Å². The van der Waals surface area contributed by atoms with E-state index in [1.54, 1.807) is 31.1 Å². The first-order valence-electron chi connectivity index (χ1n) is 10.6. The first-order chi connectivity index (χ1) is 16.5. The summed E-state index contributed by atoms with van der Waals surface area (Å²) in [7, 11) is 3.44. The lowest BCUT2D eigenvalue weighted by Crippen LogP contribution is -2.29. The van der Waals surface area contributed by atoms with Crippen molar-refractivity contribution in [3.63, 3.8) is 0 Å². The van der Waals surface area contributed by atoms with E-state index in [0.717, 1.165) is 6.07 Å². The van der Waals surface area contributed by atoms with Crippen LogP contribution >= 0.6 is 0 Å². The number of hydrogen-bond donors (Lipinski definition) is 1. The van der Waals surface area contributed by atoms with Gasteiger partial charge in [-0.15, -0.1) is 0 Å². The number of aromatic amines is 1. The number of cyclic esters (lactones) is 1. The molecule has 11 heteroatoms. The minimum atomic E-state index is -4.58. The largest absolute Gasteiger partial charge is 0.461 e. The molecule has 3 aromatic rings. The molecule has 1 fully saturated rings. The summed E-state index contributed by atoms with van der Waals surface area (Å²) in [5.74, 6) is -0.454. The van der Waals surface area contributed by atoms with Crippen molar-refractivity contribution in [3.05, 3.63) is 64.4 Å². The molecule has 8 nitrogen and oxygen atoms in total. The number of ether oxygens (including phenoxy) is 2. The van der Waals surface area contributed by atoms with Crippen molar-refractivity contribution in [1.29, 1.82) is 0 Å². The van der Waals surface area contributed by atoms with Crippen LogP contribution in [0, 0.1) is 0 Å². The number of halogens is 3. The van der Waals surface area contributed by atoms with Crippen LogP contribution in [0.3, 0.4) is 0 Å². The number of amides is 1. The van der Waals surface area contributed by atoms with E-state index in [1.165, 1.54) is 35.2 Å². The Morgan fingerprint density at radius 2 is 1.91 bits per heavy atom. The van der Waals surface area contributed by atoms with Crippen LogP contribution in [0.5, 0.6) is 0 Å². The SMILES string of the molecule is CN(C)CC(=O)OC[C@H]1CN(c2ccc3cc(-c4ccccc4C(F)(F)F)[nH]c(=O)c3c2)C(=O)O1. The molecule has 1 amide bonds. The highest BCUT2D eigenvalue weighted by atomic mass is 19.4. The zero-order valence-corrected chi connectivity index (χ0v) is 18.9. The number of carbonyl (C=O) groups is 2. The number of H-pyrrole nitrogens is 1. The van der Waals surface area contributed by atoms with Crippen molar-refractivity contribution in [2.45, 2.75) is 12.3 Å². The molecule has 1 saturated heterocycles.